The van der Waals surface area contributed by atoms with Gasteiger partial charge in [-0.1, -0.05) is 12.8 Å². The van der Waals surface area contributed by atoms with Crippen LogP contribution < -0.4 is 0 Å². The topological polar surface area (TPSA) is 45.5 Å². The van der Waals surface area contributed by atoms with Gasteiger partial charge in [-0.25, -0.2) is 0 Å². The molecule has 4 heteroatoms. The molecule has 2 fully saturated rings. The van der Waals surface area contributed by atoms with Gasteiger partial charge in [0.05, 0.1) is 5.60 Å². The zero-order valence-electron chi connectivity index (χ0n) is 11.5. The number of carbonyl (C=O) groups excluding carboxylic acids is 1. The van der Waals surface area contributed by atoms with Crippen molar-refractivity contribution in [2.24, 2.45) is 0 Å². The lowest BCUT2D eigenvalue weighted by molar-refractivity contribution is 0.0153. The second-order valence-corrected chi connectivity index (χ2v) is 6.12. The summed E-state index contributed by atoms with van der Waals surface area (Å²) in [7, 11) is 1.79. The van der Waals surface area contributed by atoms with Gasteiger partial charge < -0.3 is 14.6 Å². The fourth-order valence-electron chi connectivity index (χ4n) is 3.15. The molecule has 0 atom stereocenters. The highest BCUT2D eigenvalue weighted by atomic mass is 16.3. The Labute approximate surface area is 114 Å². The number of amides is 1. The molecule has 1 aromatic heterocycles. The third kappa shape index (κ3) is 2.54. The Morgan fingerprint density at radius 1 is 1.47 bits per heavy atom. The van der Waals surface area contributed by atoms with Crippen LogP contribution >= 0.6 is 0 Å². The lowest BCUT2D eigenvalue weighted by Gasteiger charge is -2.28. The molecular weight excluding hydrogens is 240 g/mol. The lowest BCUT2D eigenvalue weighted by atomic mass is 10.0. The van der Waals surface area contributed by atoms with E-state index in [0.29, 0.717) is 12.6 Å². The van der Waals surface area contributed by atoms with Crippen molar-refractivity contribution in [3.05, 3.63) is 24.0 Å². The predicted molar refractivity (Wildman–Crippen MR) is 73.1 cm³/mol. The van der Waals surface area contributed by atoms with Crippen molar-refractivity contribution in [3.63, 3.8) is 0 Å². The summed E-state index contributed by atoms with van der Waals surface area (Å²) in [5, 5.41) is 10.4. The van der Waals surface area contributed by atoms with Crippen molar-refractivity contribution < 1.29 is 9.90 Å². The first-order valence-electron chi connectivity index (χ1n) is 7.24. The highest BCUT2D eigenvalue weighted by Crippen LogP contribution is 2.36. The van der Waals surface area contributed by atoms with E-state index in [-0.39, 0.29) is 5.91 Å². The molecule has 2 aliphatic carbocycles. The first-order chi connectivity index (χ1) is 9.09. The van der Waals surface area contributed by atoms with Crippen LogP contribution in [0.15, 0.2) is 18.3 Å². The van der Waals surface area contributed by atoms with Crippen LogP contribution in [0.4, 0.5) is 0 Å². The van der Waals surface area contributed by atoms with Crippen molar-refractivity contribution in [2.45, 2.75) is 50.2 Å². The summed E-state index contributed by atoms with van der Waals surface area (Å²) in [6, 6.07) is 4.33. The van der Waals surface area contributed by atoms with Crippen LogP contribution in [0.25, 0.3) is 0 Å². The van der Waals surface area contributed by atoms with Crippen LogP contribution in [0.2, 0.25) is 0 Å². The van der Waals surface area contributed by atoms with Crippen LogP contribution in [0.3, 0.4) is 0 Å². The Bertz CT molecular complexity index is 470. The number of hydrogen-bond donors (Lipinski definition) is 1. The van der Waals surface area contributed by atoms with Gasteiger partial charge in [-0.15, -0.1) is 0 Å². The quantitative estimate of drug-likeness (QED) is 0.904. The van der Waals surface area contributed by atoms with Crippen molar-refractivity contribution in [3.8, 4) is 0 Å². The van der Waals surface area contributed by atoms with Crippen LogP contribution in [-0.2, 0) is 0 Å². The molecule has 0 spiro atoms. The van der Waals surface area contributed by atoms with Gasteiger partial charge in [0.2, 0.25) is 0 Å². The van der Waals surface area contributed by atoms with Gasteiger partial charge in [-0.05, 0) is 37.8 Å². The largest absolute Gasteiger partial charge is 0.388 e. The van der Waals surface area contributed by atoms with Crippen LogP contribution in [0.5, 0.6) is 0 Å². The first kappa shape index (κ1) is 12.7. The Morgan fingerprint density at radius 3 is 2.79 bits per heavy atom. The Balaban J connectivity index is 1.70. The molecule has 1 N–H and O–H groups in total. The summed E-state index contributed by atoms with van der Waals surface area (Å²) in [5.41, 5.74) is 0.0908. The zero-order valence-corrected chi connectivity index (χ0v) is 11.5. The molecule has 0 aromatic carbocycles. The highest BCUT2D eigenvalue weighted by molar-refractivity contribution is 5.92. The minimum absolute atomic E-state index is 0.0252. The van der Waals surface area contributed by atoms with Gasteiger partial charge >= 0.3 is 0 Å². The molecule has 1 amide bonds. The zero-order chi connectivity index (χ0) is 13.5. The van der Waals surface area contributed by atoms with Gasteiger partial charge in [0, 0.05) is 25.8 Å². The SMILES string of the molecule is CN(CC1(O)CCCC1)C(=O)c1cccn1C1CC1. The molecule has 0 unspecified atom stereocenters. The molecular formula is C15H22N2O2. The summed E-state index contributed by atoms with van der Waals surface area (Å²) in [5.74, 6) is 0.0252. The fraction of sp³-hybridized carbons (Fsp3) is 0.667. The Morgan fingerprint density at radius 2 is 2.16 bits per heavy atom. The number of aliphatic hydroxyl groups is 1. The average Bonchev–Trinajstić information content (AvgIpc) is 2.95. The van der Waals surface area contributed by atoms with Gasteiger partial charge in [0.25, 0.3) is 5.91 Å². The second-order valence-electron chi connectivity index (χ2n) is 6.12. The van der Waals surface area contributed by atoms with E-state index in [0.717, 1.165) is 31.4 Å². The minimum atomic E-state index is -0.665. The van der Waals surface area contributed by atoms with Gasteiger partial charge in [-0.3, -0.25) is 4.79 Å². The maximum absolute atomic E-state index is 12.5. The van der Waals surface area contributed by atoms with Crippen molar-refractivity contribution in [1.29, 1.82) is 0 Å². The highest BCUT2D eigenvalue weighted by Gasteiger charge is 2.34. The molecule has 1 aromatic rings. The third-order valence-electron chi connectivity index (χ3n) is 4.35. The maximum atomic E-state index is 12.5. The first-order valence-corrected chi connectivity index (χ1v) is 7.24. The van der Waals surface area contributed by atoms with Crippen LogP contribution in [0, 0.1) is 0 Å². The molecule has 0 aliphatic heterocycles. The summed E-state index contributed by atoms with van der Waals surface area (Å²) in [6.45, 7) is 0.446. The van der Waals surface area contributed by atoms with E-state index >= 15 is 0 Å². The van der Waals surface area contributed by atoms with E-state index in [1.165, 1.54) is 12.8 Å². The predicted octanol–water partition coefficient (Wildman–Crippen LogP) is 2.20. The molecule has 1 heterocycles. The van der Waals surface area contributed by atoms with Gasteiger partial charge in [-0.2, -0.15) is 0 Å². The number of aromatic nitrogens is 1. The average molecular weight is 262 g/mol. The smallest absolute Gasteiger partial charge is 0.270 e. The summed E-state index contributed by atoms with van der Waals surface area (Å²) in [6.07, 6.45) is 8.09. The molecule has 104 valence electrons. The number of nitrogens with zero attached hydrogens (tertiary/aromatic N) is 2. The Kier molecular flexibility index (Phi) is 3.13. The lowest BCUT2D eigenvalue weighted by Crippen LogP contribution is -2.42. The molecule has 3 rings (SSSR count). The Hall–Kier alpha value is -1.29. The molecule has 0 bridgehead atoms. The molecule has 19 heavy (non-hydrogen) atoms. The standard InChI is InChI=1S/C15H22N2O2/c1-16(11-15(19)8-2-3-9-15)14(18)13-5-4-10-17(13)12-6-7-12/h4-5,10,12,19H,2-3,6-9,11H2,1H3. The van der Waals surface area contributed by atoms with Crippen molar-refractivity contribution in [1.82, 2.24) is 9.47 Å². The molecule has 4 nitrogen and oxygen atoms in total. The third-order valence-corrected chi connectivity index (χ3v) is 4.35. The number of likely N-dealkylation sites (N-methyl/N-ethyl adjacent to an activating group) is 1. The van der Waals surface area contributed by atoms with E-state index < -0.39 is 5.60 Å². The molecule has 0 radical (unpaired) electrons. The number of rotatable bonds is 4. The summed E-state index contributed by atoms with van der Waals surface area (Å²) < 4.78 is 2.08. The van der Waals surface area contributed by atoms with Crippen LogP contribution in [0.1, 0.15) is 55.1 Å². The fourth-order valence-corrected chi connectivity index (χ4v) is 3.15. The maximum Gasteiger partial charge on any atom is 0.270 e. The van der Waals surface area contributed by atoms with Gasteiger partial charge in [0.1, 0.15) is 5.69 Å². The molecule has 0 saturated heterocycles. The molecule has 2 aliphatic rings. The summed E-state index contributed by atoms with van der Waals surface area (Å²) in [4.78, 5) is 14.2. The van der Waals surface area contributed by atoms with Crippen LogP contribution in [-0.4, -0.2) is 39.7 Å². The number of hydrogen-bond acceptors (Lipinski definition) is 2. The van der Waals surface area contributed by atoms with Gasteiger partial charge in [0.15, 0.2) is 0 Å². The second kappa shape index (κ2) is 4.67. The van der Waals surface area contributed by atoms with E-state index in [1.54, 1.807) is 11.9 Å². The summed E-state index contributed by atoms with van der Waals surface area (Å²) >= 11 is 0. The van der Waals surface area contributed by atoms with E-state index in [2.05, 4.69) is 4.57 Å². The van der Waals surface area contributed by atoms with E-state index in [1.807, 2.05) is 18.3 Å². The van der Waals surface area contributed by atoms with Crippen molar-refractivity contribution >= 4 is 5.91 Å². The normalized spacial score (nSPS) is 21.6. The minimum Gasteiger partial charge on any atom is -0.388 e. The van der Waals surface area contributed by atoms with E-state index in [9.17, 15) is 9.90 Å². The monoisotopic (exact) mass is 262 g/mol. The van der Waals surface area contributed by atoms with E-state index in [4.69, 9.17) is 0 Å². The number of carbonyl (C=O) groups is 1. The molecule has 2 saturated carbocycles. The van der Waals surface area contributed by atoms with Crippen molar-refractivity contribution in [2.75, 3.05) is 13.6 Å².